The predicted molar refractivity (Wildman–Crippen MR) is 111 cm³/mol. The second-order valence-electron chi connectivity index (χ2n) is 7.06. The number of amides is 1. The minimum atomic E-state index is 0.00866. The number of ether oxygens (including phenoxy) is 2. The van der Waals surface area contributed by atoms with E-state index in [1.165, 1.54) is 0 Å². The van der Waals surface area contributed by atoms with E-state index in [1.54, 1.807) is 24.7 Å². The van der Waals surface area contributed by atoms with Crippen LogP contribution < -0.4 is 4.74 Å². The van der Waals surface area contributed by atoms with E-state index in [0.717, 1.165) is 35.6 Å². The number of oxazole rings is 1. The average molecular weight is 413 g/mol. The highest BCUT2D eigenvalue weighted by Gasteiger charge is 2.24. The normalized spacial score (nSPS) is 16.1. The van der Waals surface area contributed by atoms with Gasteiger partial charge in [0.15, 0.2) is 0 Å². The van der Waals surface area contributed by atoms with Crippen LogP contribution in [0.5, 0.6) is 5.75 Å². The van der Waals surface area contributed by atoms with Gasteiger partial charge in [-0.1, -0.05) is 18.2 Å². The van der Waals surface area contributed by atoms with Crippen LogP contribution in [0.4, 0.5) is 0 Å². The number of carbonyl (C=O) groups excluding carboxylic acids is 1. The number of carbonyl (C=O) groups is 1. The first-order valence-corrected chi connectivity index (χ1v) is 10.6. The maximum absolute atomic E-state index is 13.1. The summed E-state index contributed by atoms with van der Waals surface area (Å²) in [4.78, 5) is 20.4. The number of thiophene rings is 1. The number of hydrogen-bond donors (Lipinski definition) is 0. The smallest absolute Gasteiger partial charge is 0.236 e. The molecule has 4 rings (SSSR count). The molecule has 7 heteroatoms. The maximum Gasteiger partial charge on any atom is 0.236 e. The molecule has 1 aromatic carbocycles. The van der Waals surface area contributed by atoms with Crippen LogP contribution >= 0.6 is 11.3 Å². The third kappa shape index (κ3) is 5.05. The van der Waals surface area contributed by atoms with Crippen molar-refractivity contribution < 1.29 is 18.7 Å². The Morgan fingerprint density at radius 1 is 1.34 bits per heavy atom. The molecule has 0 saturated carbocycles. The van der Waals surface area contributed by atoms with Crippen LogP contribution in [0, 0.1) is 0 Å². The molecule has 2 aromatic heterocycles. The number of nitrogens with zero attached hydrogens (tertiary/aromatic N) is 2. The number of benzene rings is 1. The summed E-state index contributed by atoms with van der Waals surface area (Å²) in [7, 11) is 1.64. The minimum absolute atomic E-state index is 0.00866. The second kappa shape index (κ2) is 9.24. The third-order valence-corrected chi connectivity index (χ3v) is 5.78. The van der Waals surface area contributed by atoms with Gasteiger partial charge in [0, 0.05) is 19.7 Å². The van der Waals surface area contributed by atoms with E-state index in [2.05, 4.69) is 4.98 Å². The van der Waals surface area contributed by atoms with Gasteiger partial charge in [-0.15, -0.1) is 11.3 Å². The fraction of sp³-hybridized carbons (Fsp3) is 0.364. The van der Waals surface area contributed by atoms with Crippen LogP contribution in [0.15, 0.2) is 52.5 Å². The van der Waals surface area contributed by atoms with Gasteiger partial charge >= 0.3 is 0 Å². The molecule has 6 nitrogen and oxygen atoms in total. The summed E-state index contributed by atoms with van der Waals surface area (Å²) in [6.07, 6.45) is 3.88. The predicted octanol–water partition coefficient (Wildman–Crippen LogP) is 4.16. The van der Waals surface area contributed by atoms with E-state index in [0.29, 0.717) is 24.7 Å². The fourth-order valence-electron chi connectivity index (χ4n) is 3.45. The Balaban J connectivity index is 1.47. The Hall–Kier alpha value is -2.64. The van der Waals surface area contributed by atoms with Gasteiger partial charge in [0.05, 0.1) is 30.2 Å². The summed E-state index contributed by atoms with van der Waals surface area (Å²) in [6.45, 7) is 1.84. The molecule has 1 unspecified atom stereocenters. The molecule has 0 radical (unpaired) electrons. The molecule has 3 aromatic rings. The second-order valence-corrected chi connectivity index (χ2v) is 8.01. The molecule has 3 heterocycles. The van der Waals surface area contributed by atoms with Crippen molar-refractivity contribution in [3.8, 4) is 16.5 Å². The lowest BCUT2D eigenvalue weighted by Crippen LogP contribution is -2.37. The van der Waals surface area contributed by atoms with Crippen LogP contribution in [0.1, 0.15) is 24.1 Å². The molecule has 0 spiro atoms. The van der Waals surface area contributed by atoms with Crippen molar-refractivity contribution in [1.82, 2.24) is 9.88 Å². The molecule has 1 fully saturated rings. The summed E-state index contributed by atoms with van der Waals surface area (Å²) >= 11 is 1.56. The van der Waals surface area contributed by atoms with Crippen molar-refractivity contribution in [3.63, 3.8) is 0 Å². The van der Waals surface area contributed by atoms with E-state index in [-0.39, 0.29) is 18.4 Å². The molecule has 1 atom stereocenters. The zero-order valence-electron chi connectivity index (χ0n) is 16.4. The van der Waals surface area contributed by atoms with Crippen molar-refractivity contribution in [1.29, 1.82) is 0 Å². The van der Waals surface area contributed by atoms with Crippen LogP contribution in [0.25, 0.3) is 10.8 Å². The number of rotatable bonds is 8. The van der Waals surface area contributed by atoms with Crippen LogP contribution in [-0.4, -0.2) is 42.2 Å². The van der Waals surface area contributed by atoms with Crippen molar-refractivity contribution in [2.75, 3.05) is 20.3 Å². The highest BCUT2D eigenvalue weighted by molar-refractivity contribution is 7.13. The van der Waals surface area contributed by atoms with Gasteiger partial charge in [0.2, 0.25) is 11.8 Å². The van der Waals surface area contributed by atoms with Gasteiger partial charge in [0.1, 0.15) is 12.0 Å². The summed E-state index contributed by atoms with van der Waals surface area (Å²) in [5.41, 5.74) is 1.66. The van der Waals surface area contributed by atoms with Gasteiger partial charge in [-0.2, -0.15) is 0 Å². The Bertz CT molecular complexity index is 932. The first kappa shape index (κ1) is 19.7. The molecule has 1 saturated heterocycles. The SMILES string of the molecule is COc1cccc(CN(CC2CCCO2)C(=O)Cc2coc(-c3cccs3)n2)c1. The Morgan fingerprint density at radius 2 is 2.28 bits per heavy atom. The van der Waals surface area contributed by atoms with Crippen molar-refractivity contribution in [2.24, 2.45) is 0 Å². The lowest BCUT2D eigenvalue weighted by Gasteiger charge is -2.25. The van der Waals surface area contributed by atoms with E-state index >= 15 is 0 Å². The van der Waals surface area contributed by atoms with Gasteiger partial charge in [-0.05, 0) is 42.0 Å². The first-order valence-electron chi connectivity index (χ1n) is 9.72. The van der Waals surface area contributed by atoms with E-state index < -0.39 is 0 Å². The molecule has 1 amide bonds. The summed E-state index contributed by atoms with van der Waals surface area (Å²) < 4.78 is 16.6. The highest BCUT2D eigenvalue weighted by atomic mass is 32.1. The first-order chi connectivity index (χ1) is 14.2. The van der Waals surface area contributed by atoms with Gasteiger partial charge < -0.3 is 18.8 Å². The topological polar surface area (TPSA) is 64.8 Å². The largest absolute Gasteiger partial charge is 0.497 e. The number of aromatic nitrogens is 1. The third-order valence-electron chi connectivity index (χ3n) is 4.92. The van der Waals surface area contributed by atoms with Crippen molar-refractivity contribution in [3.05, 3.63) is 59.3 Å². The summed E-state index contributed by atoms with van der Waals surface area (Å²) in [5, 5.41) is 1.97. The molecule has 0 N–H and O–H groups in total. The quantitative estimate of drug-likeness (QED) is 0.556. The average Bonchev–Trinajstić information content (AvgIpc) is 3.50. The molecule has 1 aliphatic heterocycles. The highest BCUT2D eigenvalue weighted by Crippen LogP contribution is 2.24. The fourth-order valence-corrected chi connectivity index (χ4v) is 4.10. The van der Waals surface area contributed by atoms with Gasteiger partial charge in [-0.3, -0.25) is 4.79 Å². The molecule has 1 aliphatic rings. The van der Waals surface area contributed by atoms with Crippen molar-refractivity contribution >= 4 is 17.2 Å². The van der Waals surface area contributed by atoms with Gasteiger partial charge in [0.25, 0.3) is 0 Å². The van der Waals surface area contributed by atoms with E-state index in [9.17, 15) is 4.79 Å². The Morgan fingerprint density at radius 3 is 3.03 bits per heavy atom. The Kier molecular flexibility index (Phi) is 6.27. The van der Waals surface area contributed by atoms with Crippen LogP contribution in [0.2, 0.25) is 0 Å². The number of methoxy groups -OCH3 is 1. The molecule has 152 valence electrons. The lowest BCUT2D eigenvalue weighted by atomic mass is 10.1. The zero-order valence-corrected chi connectivity index (χ0v) is 17.2. The zero-order chi connectivity index (χ0) is 20.1. The minimum Gasteiger partial charge on any atom is -0.497 e. The summed E-state index contributed by atoms with van der Waals surface area (Å²) in [6, 6.07) is 11.7. The molecule has 0 bridgehead atoms. The molecule has 29 heavy (non-hydrogen) atoms. The summed E-state index contributed by atoms with van der Waals surface area (Å²) in [5.74, 6) is 1.35. The maximum atomic E-state index is 13.1. The molecular formula is C22H24N2O4S. The van der Waals surface area contributed by atoms with Gasteiger partial charge in [-0.25, -0.2) is 4.98 Å². The standard InChI is InChI=1S/C22H24N2O4S/c1-26-18-6-2-5-16(11-18)13-24(14-19-7-3-9-27-19)21(25)12-17-15-28-22(23-17)20-8-4-10-29-20/h2,4-6,8,10-11,15,19H,3,7,9,12-14H2,1H3. The molecule has 0 aliphatic carbocycles. The Labute approximate surface area is 174 Å². The van der Waals surface area contributed by atoms with Crippen molar-refractivity contribution in [2.45, 2.75) is 31.9 Å². The van der Waals surface area contributed by atoms with E-state index in [1.807, 2.05) is 46.7 Å². The lowest BCUT2D eigenvalue weighted by molar-refractivity contribution is -0.132. The monoisotopic (exact) mass is 412 g/mol. The van der Waals surface area contributed by atoms with Crippen LogP contribution in [0.3, 0.4) is 0 Å². The molecular weight excluding hydrogens is 388 g/mol. The number of hydrogen-bond acceptors (Lipinski definition) is 6. The van der Waals surface area contributed by atoms with E-state index in [4.69, 9.17) is 13.9 Å². The van der Waals surface area contributed by atoms with Crippen LogP contribution in [-0.2, 0) is 22.5 Å².